The number of rotatable bonds is 5. The fraction of sp³-hybridized carbons (Fsp3) is 0. The highest BCUT2D eigenvalue weighted by atomic mass is 32.1. The van der Waals surface area contributed by atoms with E-state index in [0.29, 0.717) is 28.6 Å². The van der Waals surface area contributed by atoms with Crippen molar-refractivity contribution in [1.29, 1.82) is 0 Å². The molecule has 54 heavy (non-hydrogen) atoms. The summed E-state index contributed by atoms with van der Waals surface area (Å²) in [5.41, 5.74) is 4.74. The second-order valence-electron chi connectivity index (χ2n) is 12.9. The topological polar surface area (TPSA) is 51.8 Å². The summed E-state index contributed by atoms with van der Waals surface area (Å²) in [4.78, 5) is 15.0. The monoisotopic (exact) mass is 716 g/mol. The minimum atomic E-state index is -0.550. The van der Waals surface area contributed by atoms with Crippen LogP contribution in [0.1, 0.15) is 12.3 Å². The van der Waals surface area contributed by atoms with Gasteiger partial charge >= 0.3 is 0 Å². The molecule has 8 aromatic carbocycles. The van der Waals surface area contributed by atoms with Gasteiger partial charge in [-0.15, -0.1) is 11.3 Å². The van der Waals surface area contributed by atoms with Crippen LogP contribution in [0.15, 0.2) is 180 Å². The number of benzene rings is 8. The van der Waals surface area contributed by atoms with E-state index in [1.54, 1.807) is 29.5 Å². The quantitative estimate of drug-likeness (QED) is 0.178. The molecule has 3 aromatic heterocycles. The number of fused-ring (bicyclic) bond motifs is 8. The van der Waals surface area contributed by atoms with E-state index < -0.39 is 48.3 Å². The van der Waals surface area contributed by atoms with Gasteiger partial charge in [-0.05, 0) is 57.9 Å². The lowest BCUT2D eigenvalue weighted by Gasteiger charge is -2.10. The van der Waals surface area contributed by atoms with Crippen molar-refractivity contribution in [2.24, 2.45) is 0 Å². The molecule has 0 aliphatic heterocycles. The van der Waals surface area contributed by atoms with E-state index in [0.717, 1.165) is 32.3 Å². The average molecular weight is 717 g/mol. The van der Waals surface area contributed by atoms with Gasteiger partial charge in [0.2, 0.25) is 0 Å². The molecule has 0 radical (unpaired) electrons. The molecule has 0 N–H and O–H groups in total. The van der Waals surface area contributed by atoms with Gasteiger partial charge in [-0.1, -0.05) is 145 Å². The van der Waals surface area contributed by atoms with Crippen molar-refractivity contribution < 1.29 is 16.8 Å². The molecule has 11 aromatic rings. The van der Waals surface area contributed by atoms with Gasteiger partial charge in [-0.3, -0.25) is 0 Å². The van der Waals surface area contributed by atoms with Gasteiger partial charge in [-0.25, -0.2) is 15.0 Å². The Balaban J connectivity index is 1.12. The van der Waals surface area contributed by atoms with Gasteiger partial charge in [0, 0.05) is 53.0 Å². The Morgan fingerprint density at radius 1 is 0.444 bits per heavy atom. The number of aromatic nitrogens is 3. The summed E-state index contributed by atoms with van der Waals surface area (Å²) in [7, 11) is 0. The molecule has 0 fully saturated rings. The molecular formula is C49H29N3OS. The molecule has 0 spiro atoms. The normalized spacial score (nSPS) is 14.0. The predicted octanol–water partition coefficient (Wildman–Crippen LogP) is 13.6. The van der Waals surface area contributed by atoms with Crippen molar-refractivity contribution in [3.8, 4) is 56.4 Å². The maximum absolute atomic E-state index is 9.21. The Morgan fingerprint density at radius 2 is 1.15 bits per heavy atom. The maximum Gasteiger partial charge on any atom is 0.164 e. The van der Waals surface area contributed by atoms with Crippen LogP contribution in [0.5, 0.6) is 0 Å². The van der Waals surface area contributed by atoms with Crippen LogP contribution >= 0.6 is 11.3 Å². The van der Waals surface area contributed by atoms with Gasteiger partial charge in [0.1, 0.15) is 11.2 Å². The lowest BCUT2D eigenvalue weighted by molar-refractivity contribution is 0.673. The van der Waals surface area contributed by atoms with Crippen molar-refractivity contribution in [3.05, 3.63) is 176 Å². The Hall–Kier alpha value is -6.95. The van der Waals surface area contributed by atoms with Crippen molar-refractivity contribution >= 4 is 64.2 Å². The zero-order valence-electron chi connectivity index (χ0n) is 37.2. The lowest BCUT2D eigenvalue weighted by Crippen LogP contribution is -2.00. The molecule has 0 unspecified atom stereocenters. The first kappa shape index (κ1) is 22.9. The highest BCUT2D eigenvalue weighted by Crippen LogP contribution is 2.42. The largest absolute Gasteiger partial charge is 0.455 e. The molecule has 252 valence electrons. The summed E-state index contributed by atoms with van der Waals surface area (Å²) >= 11 is 1.70. The first-order valence-electron chi connectivity index (χ1n) is 21.8. The van der Waals surface area contributed by atoms with E-state index in [-0.39, 0.29) is 44.3 Å². The first-order chi connectivity index (χ1) is 30.5. The van der Waals surface area contributed by atoms with E-state index in [9.17, 15) is 1.37 Å². The Kier molecular flexibility index (Phi) is 5.22. The minimum Gasteiger partial charge on any atom is -0.455 e. The standard InChI is InChI=1S/C49H29N3OS/c1-3-12-30(13-4-1)36-21-11-23-42-45(36)39-26-25-35(29-43(39)54-42)49-51-47(32-15-5-2-6-16-32)50-48(52-49)34-18-9-17-33(28-34)37-20-10-22-41-44(37)40-27-24-31-14-7-8-19-38(31)46(40)53-41/h1-29H/i7D,8D,10D,14D,19D,20D,22D,24D,27D. The molecule has 11 rings (SSSR count). The second-order valence-corrected chi connectivity index (χ2v) is 14.0. The van der Waals surface area contributed by atoms with Gasteiger partial charge in [0.15, 0.2) is 17.5 Å². The summed E-state index contributed by atoms with van der Waals surface area (Å²) < 4.78 is 87.3. The van der Waals surface area contributed by atoms with Crippen molar-refractivity contribution in [2.75, 3.05) is 0 Å². The fourth-order valence-corrected chi connectivity index (χ4v) is 8.34. The van der Waals surface area contributed by atoms with Crippen LogP contribution in [0.4, 0.5) is 0 Å². The lowest BCUT2D eigenvalue weighted by atomic mass is 9.97. The second kappa shape index (κ2) is 12.3. The third kappa shape index (κ3) is 5.01. The third-order valence-corrected chi connectivity index (χ3v) is 10.8. The van der Waals surface area contributed by atoms with Crippen molar-refractivity contribution in [3.63, 3.8) is 0 Å². The van der Waals surface area contributed by atoms with Crippen LogP contribution in [0.3, 0.4) is 0 Å². The third-order valence-electron chi connectivity index (χ3n) is 9.67. The molecule has 0 bridgehead atoms. The summed E-state index contributed by atoms with van der Waals surface area (Å²) in [6.07, 6.45) is 0. The van der Waals surface area contributed by atoms with Crippen LogP contribution in [-0.4, -0.2) is 15.0 Å². The Bertz CT molecular complexity index is 3740. The molecule has 0 aliphatic carbocycles. The summed E-state index contributed by atoms with van der Waals surface area (Å²) in [6.45, 7) is 0. The zero-order valence-corrected chi connectivity index (χ0v) is 29.0. The molecule has 0 aliphatic rings. The van der Waals surface area contributed by atoms with Gasteiger partial charge in [0.05, 0.1) is 12.3 Å². The van der Waals surface area contributed by atoms with E-state index in [4.69, 9.17) is 30.3 Å². The first-order valence-corrected chi connectivity index (χ1v) is 18.1. The van der Waals surface area contributed by atoms with E-state index >= 15 is 0 Å². The highest BCUT2D eigenvalue weighted by Gasteiger charge is 2.18. The van der Waals surface area contributed by atoms with Crippen LogP contribution in [0.2, 0.25) is 0 Å². The Morgan fingerprint density at radius 3 is 1.98 bits per heavy atom. The molecule has 0 atom stereocenters. The van der Waals surface area contributed by atoms with Crippen LogP contribution in [-0.2, 0) is 0 Å². The van der Waals surface area contributed by atoms with Crippen LogP contribution in [0, 0.1) is 0 Å². The molecule has 5 heteroatoms. The fourth-order valence-electron chi connectivity index (χ4n) is 7.17. The summed E-state index contributed by atoms with van der Waals surface area (Å²) in [6, 6.07) is 35.6. The SMILES string of the molecule is [2H]c1c([2H])c(-c2cccc(-c3nc(-c4ccccc4)nc(-c4ccc5c(c4)sc4cccc(-c6ccccc6)c45)n3)c2)c2c(oc3c4c([2H])c([2H])c([2H])c([2H])c4c([2H])c([2H])c32)c1[2H]. The van der Waals surface area contributed by atoms with Crippen molar-refractivity contribution in [1.82, 2.24) is 15.0 Å². The van der Waals surface area contributed by atoms with Gasteiger partial charge in [0.25, 0.3) is 0 Å². The molecular weight excluding hydrogens is 679 g/mol. The minimum absolute atomic E-state index is 0.0104. The average Bonchev–Trinajstić information content (AvgIpc) is 3.90. The number of furan rings is 1. The number of hydrogen-bond acceptors (Lipinski definition) is 5. The number of thiophene rings is 1. The summed E-state index contributed by atoms with van der Waals surface area (Å²) in [5, 5.41) is 2.15. The van der Waals surface area contributed by atoms with E-state index in [1.807, 2.05) is 60.7 Å². The molecule has 4 nitrogen and oxygen atoms in total. The number of hydrogen-bond donors (Lipinski definition) is 0. The van der Waals surface area contributed by atoms with Crippen LogP contribution in [0.25, 0.3) is 109 Å². The van der Waals surface area contributed by atoms with E-state index in [2.05, 4.69) is 42.5 Å². The molecule has 0 saturated carbocycles. The molecule has 3 heterocycles. The number of nitrogens with zero attached hydrogens (tertiary/aromatic N) is 3. The predicted molar refractivity (Wildman–Crippen MR) is 225 cm³/mol. The maximum atomic E-state index is 9.21. The van der Waals surface area contributed by atoms with Crippen molar-refractivity contribution in [2.45, 2.75) is 0 Å². The van der Waals surface area contributed by atoms with Gasteiger partial charge < -0.3 is 4.42 Å². The highest BCUT2D eigenvalue weighted by molar-refractivity contribution is 7.26. The van der Waals surface area contributed by atoms with E-state index in [1.165, 1.54) is 10.1 Å². The molecule has 0 saturated heterocycles. The smallest absolute Gasteiger partial charge is 0.164 e. The summed E-state index contributed by atoms with van der Waals surface area (Å²) in [5.74, 6) is 1.23. The van der Waals surface area contributed by atoms with Gasteiger partial charge in [-0.2, -0.15) is 0 Å². The zero-order chi connectivity index (χ0) is 43.4. The Labute approximate surface area is 327 Å². The van der Waals surface area contributed by atoms with Crippen LogP contribution < -0.4 is 0 Å². The molecule has 0 amide bonds.